The lowest BCUT2D eigenvalue weighted by atomic mass is 10.1. The molecule has 20 heavy (non-hydrogen) atoms. The van der Waals surface area contributed by atoms with Crippen molar-refractivity contribution in [2.24, 2.45) is 0 Å². The third-order valence-electron chi connectivity index (χ3n) is 2.77. The first kappa shape index (κ1) is 15.7. The monoisotopic (exact) mass is 326 g/mol. The van der Waals surface area contributed by atoms with Gasteiger partial charge in [-0.1, -0.05) is 11.6 Å². The van der Waals surface area contributed by atoms with E-state index in [1.54, 1.807) is 42.1 Å². The number of hydrogen-bond donors (Lipinski definition) is 0. The third kappa shape index (κ3) is 4.40. The van der Waals surface area contributed by atoms with Crippen LogP contribution in [0.1, 0.15) is 30.6 Å². The maximum absolute atomic E-state index is 12.1. The highest BCUT2D eigenvalue weighted by atomic mass is 35.5. The fraction of sp³-hybridized carbons (Fsp3) is 0.333. The summed E-state index contributed by atoms with van der Waals surface area (Å²) in [4.78, 5) is 23.7. The van der Waals surface area contributed by atoms with E-state index < -0.39 is 0 Å². The zero-order chi connectivity index (χ0) is 14.8. The minimum absolute atomic E-state index is 0.0454. The fourth-order valence-electron chi connectivity index (χ4n) is 1.87. The van der Waals surface area contributed by atoms with E-state index in [0.29, 0.717) is 22.8 Å². The zero-order valence-electron chi connectivity index (χ0n) is 11.3. The standard InChI is InChI=1S/C15H15ClO2S2/c1-15(2)8-12(17)7-14(20-15)19-9-13(18)10-3-5-11(16)6-4-10/h3-7H,8-9H2,1-2H3. The van der Waals surface area contributed by atoms with E-state index in [-0.39, 0.29) is 16.3 Å². The van der Waals surface area contributed by atoms with Crippen molar-refractivity contribution in [1.29, 1.82) is 0 Å². The number of Topliss-reactive ketones (excluding diaryl/α,β-unsaturated/α-hetero) is 1. The van der Waals surface area contributed by atoms with E-state index in [1.165, 1.54) is 11.8 Å². The highest BCUT2D eigenvalue weighted by Gasteiger charge is 2.28. The largest absolute Gasteiger partial charge is 0.295 e. The summed E-state index contributed by atoms with van der Waals surface area (Å²) in [6.45, 7) is 4.09. The molecule has 1 aliphatic heterocycles. The Bertz CT molecular complexity index is 562. The van der Waals surface area contributed by atoms with Crippen LogP contribution >= 0.6 is 35.1 Å². The molecule has 0 saturated carbocycles. The molecule has 0 atom stereocenters. The smallest absolute Gasteiger partial charge is 0.173 e. The Kier molecular flexibility index (Phi) is 4.99. The minimum atomic E-state index is -0.0858. The number of benzene rings is 1. The molecule has 0 saturated heterocycles. The number of carbonyl (C=O) groups excluding carboxylic acids is 2. The number of hydrogen-bond acceptors (Lipinski definition) is 4. The van der Waals surface area contributed by atoms with E-state index in [2.05, 4.69) is 0 Å². The summed E-state index contributed by atoms with van der Waals surface area (Å²) >= 11 is 8.89. The molecule has 0 bridgehead atoms. The third-order valence-corrected chi connectivity index (χ3v) is 5.45. The summed E-state index contributed by atoms with van der Waals surface area (Å²) < 4.78 is 0.839. The van der Waals surface area contributed by atoms with Crippen LogP contribution in [-0.2, 0) is 4.79 Å². The average Bonchev–Trinajstić information content (AvgIpc) is 2.34. The van der Waals surface area contributed by atoms with Gasteiger partial charge in [0.25, 0.3) is 0 Å². The highest BCUT2D eigenvalue weighted by Crippen LogP contribution is 2.43. The molecule has 5 heteroatoms. The van der Waals surface area contributed by atoms with E-state index in [1.807, 2.05) is 13.8 Å². The molecule has 0 unspecified atom stereocenters. The van der Waals surface area contributed by atoms with Crippen LogP contribution in [0.5, 0.6) is 0 Å². The number of allylic oxidation sites excluding steroid dienone is 1. The number of carbonyl (C=O) groups is 2. The fourth-order valence-corrected chi connectivity index (χ4v) is 4.69. The molecule has 0 spiro atoms. The summed E-state index contributed by atoms with van der Waals surface area (Å²) in [5.74, 6) is 0.517. The summed E-state index contributed by atoms with van der Waals surface area (Å²) in [5, 5.41) is 0.618. The van der Waals surface area contributed by atoms with Gasteiger partial charge in [0.15, 0.2) is 11.6 Å². The van der Waals surface area contributed by atoms with Crippen molar-refractivity contribution < 1.29 is 9.59 Å². The van der Waals surface area contributed by atoms with E-state index in [0.717, 1.165) is 4.24 Å². The van der Waals surface area contributed by atoms with Crippen LogP contribution in [0.2, 0.25) is 5.02 Å². The summed E-state index contributed by atoms with van der Waals surface area (Å²) in [5.41, 5.74) is 0.647. The Labute approximate surface area is 132 Å². The van der Waals surface area contributed by atoms with Gasteiger partial charge in [-0.25, -0.2) is 0 Å². The van der Waals surface area contributed by atoms with Crippen molar-refractivity contribution >= 4 is 46.7 Å². The van der Waals surface area contributed by atoms with Gasteiger partial charge in [0.1, 0.15) is 0 Å². The molecule has 0 amide bonds. The number of rotatable bonds is 4. The molecule has 2 nitrogen and oxygen atoms in total. The topological polar surface area (TPSA) is 34.1 Å². The second kappa shape index (κ2) is 6.37. The molecule has 0 aliphatic carbocycles. The first-order valence-corrected chi connectivity index (χ1v) is 8.39. The summed E-state index contributed by atoms with van der Waals surface area (Å²) in [7, 11) is 0. The Morgan fingerprint density at radius 3 is 2.60 bits per heavy atom. The Morgan fingerprint density at radius 1 is 1.35 bits per heavy atom. The van der Waals surface area contributed by atoms with Gasteiger partial charge in [-0.05, 0) is 38.1 Å². The Hall–Kier alpha value is -0.710. The normalized spacial score (nSPS) is 17.8. The minimum Gasteiger partial charge on any atom is -0.295 e. The van der Waals surface area contributed by atoms with Crippen LogP contribution < -0.4 is 0 Å². The average molecular weight is 327 g/mol. The SMILES string of the molecule is CC1(C)CC(=O)C=C(SCC(=O)c2ccc(Cl)cc2)S1. The molecule has 1 aromatic rings. The quantitative estimate of drug-likeness (QED) is 0.758. The molecule has 1 heterocycles. The van der Waals surface area contributed by atoms with E-state index in [9.17, 15) is 9.59 Å². The van der Waals surface area contributed by atoms with Gasteiger partial charge in [0, 0.05) is 32.1 Å². The van der Waals surface area contributed by atoms with Gasteiger partial charge < -0.3 is 0 Å². The van der Waals surface area contributed by atoms with Crippen LogP contribution in [0.15, 0.2) is 34.6 Å². The molecular weight excluding hydrogens is 312 g/mol. The van der Waals surface area contributed by atoms with Gasteiger partial charge in [-0.3, -0.25) is 9.59 Å². The van der Waals surface area contributed by atoms with Crippen LogP contribution in [0.4, 0.5) is 0 Å². The first-order chi connectivity index (χ1) is 9.35. The Morgan fingerprint density at radius 2 is 2.00 bits per heavy atom. The molecule has 0 fully saturated rings. The van der Waals surface area contributed by atoms with Crippen molar-refractivity contribution in [2.75, 3.05) is 5.75 Å². The number of thioether (sulfide) groups is 2. The van der Waals surface area contributed by atoms with Crippen molar-refractivity contribution in [3.05, 3.63) is 45.2 Å². The van der Waals surface area contributed by atoms with E-state index in [4.69, 9.17) is 11.6 Å². The molecule has 1 aromatic carbocycles. The van der Waals surface area contributed by atoms with Gasteiger partial charge in [0.05, 0.1) is 5.75 Å². The van der Waals surface area contributed by atoms with Crippen LogP contribution in [0, 0.1) is 0 Å². The molecule has 2 rings (SSSR count). The van der Waals surface area contributed by atoms with Gasteiger partial charge in [0.2, 0.25) is 0 Å². The van der Waals surface area contributed by atoms with Crippen molar-refractivity contribution in [2.45, 2.75) is 25.0 Å². The zero-order valence-corrected chi connectivity index (χ0v) is 13.7. The lowest BCUT2D eigenvalue weighted by molar-refractivity contribution is -0.115. The van der Waals surface area contributed by atoms with Crippen LogP contribution in [0.25, 0.3) is 0 Å². The second-order valence-corrected chi connectivity index (χ2v) is 8.65. The molecule has 1 aliphatic rings. The van der Waals surface area contributed by atoms with Crippen molar-refractivity contribution in [3.63, 3.8) is 0 Å². The van der Waals surface area contributed by atoms with Gasteiger partial charge in [-0.2, -0.15) is 0 Å². The second-order valence-electron chi connectivity index (χ2n) is 5.19. The molecule has 0 radical (unpaired) electrons. The van der Waals surface area contributed by atoms with Gasteiger partial charge in [-0.15, -0.1) is 23.5 Å². The molecule has 0 N–H and O–H groups in total. The molecule has 0 aromatic heterocycles. The van der Waals surface area contributed by atoms with Crippen molar-refractivity contribution in [1.82, 2.24) is 0 Å². The lowest BCUT2D eigenvalue weighted by Crippen LogP contribution is -2.22. The molecular formula is C15H15ClO2S2. The Balaban J connectivity index is 1.97. The predicted molar refractivity (Wildman–Crippen MR) is 87.6 cm³/mol. The molecule has 106 valence electrons. The van der Waals surface area contributed by atoms with Gasteiger partial charge >= 0.3 is 0 Å². The van der Waals surface area contributed by atoms with E-state index >= 15 is 0 Å². The number of halogens is 1. The summed E-state index contributed by atoms with van der Waals surface area (Å²) in [6, 6.07) is 6.87. The van der Waals surface area contributed by atoms with Crippen LogP contribution in [0.3, 0.4) is 0 Å². The maximum atomic E-state index is 12.1. The first-order valence-electron chi connectivity index (χ1n) is 6.21. The lowest BCUT2D eigenvalue weighted by Gasteiger charge is -2.27. The maximum Gasteiger partial charge on any atom is 0.173 e. The number of ketones is 2. The summed E-state index contributed by atoms with van der Waals surface area (Å²) in [6.07, 6.45) is 2.20. The van der Waals surface area contributed by atoms with Crippen LogP contribution in [-0.4, -0.2) is 22.1 Å². The van der Waals surface area contributed by atoms with Crippen molar-refractivity contribution in [3.8, 4) is 0 Å². The predicted octanol–water partition coefficient (Wildman–Crippen LogP) is 4.58. The highest BCUT2D eigenvalue weighted by molar-refractivity contribution is 8.23.